The van der Waals surface area contributed by atoms with Gasteiger partial charge in [-0.1, -0.05) is 188 Å². The van der Waals surface area contributed by atoms with Crippen molar-refractivity contribution in [3.05, 3.63) is 0 Å². The Kier molecular flexibility index (Phi) is 35.5. The van der Waals surface area contributed by atoms with Gasteiger partial charge in [0.2, 0.25) is 0 Å². The molecule has 1 unspecified atom stereocenters. The van der Waals surface area contributed by atoms with Crippen LogP contribution in [0.5, 0.6) is 0 Å². The molecule has 284 valence electrons. The van der Waals surface area contributed by atoms with Crippen molar-refractivity contribution in [2.75, 3.05) is 13.2 Å². The molecule has 0 rings (SSSR count). The molecule has 0 bridgehead atoms. The third kappa shape index (κ3) is 34.3. The number of unbranched alkanes of at least 4 members (excludes halogenated alkanes) is 23. The first-order valence-corrected chi connectivity index (χ1v) is 20.9. The molecule has 0 N–H and O–H groups in total. The van der Waals surface area contributed by atoms with Crippen molar-refractivity contribution >= 4 is 17.9 Å². The van der Waals surface area contributed by atoms with E-state index in [-0.39, 0.29) is 31.1 Å². The summed E-state index contributed by atoms with van der Waals surface area (Å²) >= 11 is 0. The Morgan fingerprint density at radius 3 is 1.08 bits per heavy atom. The van der Waals surface area contributed by atoms with Crippen LogP contribution in [0.4, 0.5) is 0 Å². The van der Waals surface area contributed by atoms with Gasteiger partial charge in [0.25, 0.3) is 0 Å². The van der Waals surface area contributed by atoms with E-state index in [1.807, 2.05) is 0 Å². The summed E-state index contributed by atoms with van der Waals surface area (Å²) in [7, 11) is 0. The summed E-state index contributed by atoms with van der Waals surface area (Å²) in [5.74, 6) is -0.00674. The molecule has 6 heteroatoms. The fraction of sp³-hybridized carbons (Fsp3) is 0.929. The van der Waals surface area contributed by atoms with Gasteiger partial charge in [-0.05, 0) is 25.2 Å². The highest BCUT2D eigenvalue weighted by molar-refractivity contribution is 5.71. The average Bonchev–Trinajstić information content (AvgIpc) is 3.08. The first kappa shape index (κ1) is 46.4. The summed E-state index contributed by atoms with van der Waals surface area (Å²) in [6.07, 6.45) is 33.9. The lowest BCUT2D eigenvalue weighted by Gasteiger charge is -2.18. The topological polar surface area (TPSA) is 78.9 Å². The second-order valence-corrected chi connectivity index (χ2v) is 14.5. The van der Waals surface area contributed by atoms with Crippen LogP contribution < -0.4 is 0 Å². The number of ether oxygens (including phenoxy) is 3. The van der Waals surface area contributed by atoms with Crippen LogP contribution in [0, 0.1) is 5.92 Å². The molecule has 0 spiro atoms. The minimum Gasteiger partial charge on any atom is -0.462 e. The molecular formula is C42H80O6. The van der Waals surface area contributed by atoms with E-state index in [2.05, 4.69) is 27.7 Å². The molecular weight excluding hydrogens is 600 g/mol. The van der Waals surface area contributed by atoms with Crippen molar-refractivity contribution in [2.45, 2.75) is 233 Å². The third-order valence-electron chi connectivity index (χ3n) is 9.65. The van der Waals surface area contributed by atoms with Gasteiger partial charge < -0.3 is 14.2 Å². The molecule has 0 amide bonds. The minimum absolute atomic E-state index is 0.0655. The lowest BCUT2D eigenvalue weighted by Crippen LogP contribution is -2.30. The predicted octanol–water partition coefficient (Wildman–Crippen LogP) is 12.8. The number of carbonyl (C=O) groups excluding carboxylic acids is 3. The van der Waals surface area contributed by atoms with Crippen molar-refractivity contribution in [3.8, 4) is 0 Å². The summed E-state index contributed by atoms with van der Waals surface area (Å²) in [6.45, 7) is 8.91. The molecule has 0 fully saturated rings. The van der Waals surface area contributed by atoms with E-state index < -0.39 is 6.10 Å². The Bertz CT molecular complexity index is 723. The van der Waals surface area contributed by atoms with Crippen LogP contribution in [0.25, 0.3) is 0 Å². The Hall–Kier alpha value is -1.59. The second kappa shape index (κ2) is 36.7. The van der Waals surface area contributed by atoms with Crippen LogP contribution in [0.15, 0.2) is 0 Å². The number of hydrogen-bond acceptors (Lipinski definition) is 6. The number of carbonyl (C=O) groups is 3. The van der Waals surface area contributed by atoms with Crippen LogP contribution >= 0.6 is 0 Å². The van der Waals surface area contributed by atoms with Crippen molar-refractivity contribution in [2.24, 2.45) is 5.92 Å². The highest BCUT2D eigenvalue weighted by atomic mass is 16.6. The van der Waals surface area contributed by atoms with E-state index >= 15 is 0 Å². The highest BCUT2D eigenvalue weighted by Crippen LogP contribution is 2.16. The maximum absolute atomic E-state index is 12.6. The second-order valence-electron chi connectivity index (χ2n) is 14.5. The predicted molar refractivity (Wildman–Crippen MR) is 201 cm³/mol. The standard InChI is InChI=1S/C42H80O6/c1-5-8-10-12-13-14-15-19-22-26-30-34-41(44)47-37-39(36-46-40(43)33-29-24-11-9-6-2)48-42(45)35-31-27-23-20-17-16-18-21-25-28-32-38(4)7-3/h38-39H,5-37H2,1-4H3/t38?,39-/m0/s1. The molecule has 0 aliphatic rings. The van der Waals surface area contributed by atoms with Gasteiger partial charge in [-0.25, -0.2) is 0 Å². The van der Waals surface area contributed by atoms with E-state index in [1.54, 1.807) is 0 Å². The Balaban J connectivity index is 4.24. The molecule has 6 nitrogen and oxygen atoms in total. The first-order chi connectivity index (χ1) is 23.4. The summed E-state index contributed by atoms with van der Waals surface area (Å²) in [5, 5.41) is 0. The third-order valence-corrected chi connectivity index (χ3v) is 9.65. The summed E-state index contributed by atoms with van der Waals surface area (Å²) in [4.78, 5) is 37.3. The van der Waals surface area contributed by atoms with Gasteiger partial charge in [0.15, 0.2) is 6.10 Å². The Morgan fingerprint density at radius 1 is 0.417 bits per heavy atom. The molecule has 0 aromatic carbocycles. The Morgan fingerprint density at radius 2 is 0.729 bits per heavy atom. The average molecular weight is 681 g/mol. The Labute approximate surface area is 298 Å². The van der Waals surface area contributed by atoms with Crippen molar-refractivity contribution < 1.29 is 28.6 Å². The van der Waals surface area contributed by atoms with E-state index in [9.17, 15) is 14.4 Å². The largest absolute Gasteiger partial charge is 0.462 e. The summed E-state index contributed by atoms with van der Waals surface area (Å²) in [5.41, 5.74) is 0. The minimum atomic E-state index is -0.756. The van der Waals surface area contributed by atoms with Gasteiger partial charge in [0, 0.05) is 19.3 Å². The zero-order valence-electron chi connectivity index (χ0n) is 32.4. The maximum Gasteiger partial charge on any atom is 0.306 e. The zero-order valence-corrected chi connectivity index (χ0v) is 32.4. The fourth-order valence-corrected chi connectivity index (χ4v) is 6.06. The van der Waals surface area contributed by atoms with Gasteiger partial charge in [-0.15, -0.1) is 0 Å². The SMILES string of the molecule is CCCCCCCCCCCCCC(=O)OC[C@H](COC(=O)CCCCCCC)OC(=O)CCCCCCCCCCCCC(C)CC. The van der Waals surface area contributed by atoms with Crippen LogP contribution in [-0.4, -0.2) is 37.2 Å². The quantitative estimate of drug-likeness (QED) is 0.0369. The maximum atomic E-state index is 12.6. The van der Waals surface area contributed by atoms with Crippen molar-refractivity contribution in [1.82, 2.24) is 0 Å². The van der Waals surface area contributed by atoms with Gasteiger partial charge in [0.1, 0.15) is 13.2 Å². The molecule has 0 saturated carbocycles. The molecule has 0 aliphatic carbocycles. The van der Waals surface area contributed by atoms with Crippen molar-refractivity contribution in [1.29, 1.82) is 0 Å². The smallest absolute Gasteiger partial charge is 0.306 e. The number of rotatable bonds is 37. The van der Waals surface area contributed by atoms with Gasteiger partial charge >= 0.3 is 17.9 Å². The van der Waals surface area contributed by atoms with Crippen LogP contribution in [0.2, 0.25) is 0 Å². The summed E-state index contributed by atoms with van der Waals surface area (Å²) in [6, 6.07) is 0. The van der Waals surface area contributed by atoms with E-state index in [4.69, 9.17) is 14.2 Å². The molecule has 2 atom stereocenters. The molecule has 0 aliphatic heterocycles. The summed E-state index contributed by atoms with van der Waals surface area (Å²) < 4.78 is 16.6. The highest BCUT2D eigenvalue weighted by Gasteiger charge is 2.19. The van der Waals surface area contributed by atoms with Crippen LogP contribution in [-0.2, 0) is 28.6 Å². The lowest BCUT2D eigenvalue weighted by atomic mass is 9.99. The first-order valence-electron chi connectivity index (χ1n) is 20.9. The lowest BCUT2D eigenvalue weighted by molar-refractivity contribution is -0.167. The normalized spacial score (nSPS) is 12.5. The van der Waals surface area contributed by atoms with E-state index in [1.165, 1.54) is 116 Å². The number of esters is 3. The van der Waals surface area contributed by atoms with Gasteiger partial charge in [-0.3, -0.25) is 14.4 Å². The molecule has 0 aromatic rings. The van der Waals surface area contributed by atoms with E-state index in [0.29, 0.717) is 19.3 Å². The molecule has 0 aromatic heterocycles. The molecule has 0 radical (unpaired) electrons. The van der Waals surface area contributed by atoms with Gasteiger partial charge in [-0.2, -0.15) is 0 Å². The van der Waals surface area contributed by atoms with Crippen LogP contribution in [0.3, 0.4) is 0 Å². The molecule has 0 heterocycles. The van der Waals surface area contributed by atoms with E-state index in [0.717, 1.165) is 70.1 Å². The van der Waals surface area contributed by atoms with Crippen molar-refractivity contribution in [3.63, 3.8) is 0 Å². The number of hydrogen-bond donors (Lipinski definition) is 0. The fourth-order valence-electron chi connectivity index (χ4n) is 6.06. The van der Waals surface area contributed by atoms with Crippen LogP contribution in [0.1, 0.15) is 227 Å². The monoisotopic (exact) mass is 681 g/mol. The molecule has 0 saturated heterocycles. The van der Waals surface area contributed by atoms with Gasteiger partial charge in [0.05, 0.1) is 0 Å². The zero-order chi connectivity index (χ0) is 35.3. The molecule has 48 heavy (non-hydrogen) atoms.